The second-order valence-corrected chi connectivity index (χ2v) is 16.8. The molecule has 0 bridgehead atoms. The van der Waals surface area contributed by atoms with E-state index in [-0.39, 0.29) is 66.6 Å². The quantitative estimate of drug-likeness (QED) is 0.117. The molecule has 0 aliphatic carbocycles. The van der Waals surface area contributed by atoms with Crippen LogP contribution in [0.3, 0.4) is 0 Å². The van der Waals surface area contributed by atoms with Gasteiger partial charge in [-0.05, 0) is 61.7 Å². The molecule has 1 aliphatic heterocycles. The number of pyridine rings is 1. The highest BCUT2D eigenvalue weighted by molar-refractivity contribution is 5.88. The number of fused-ring (bicyclic) bond motifs is 2. The maximum absolute atomic E-state index is 13.7. The highest BCUT2D eigenvalue weighted by Crippen LogP contribution is 2.19. The van der Waals surface area contributed by atoms with E-state index in [1.165, 1.54) is 0 Å². The Kier molecular flexibility index (Phi) is 16.0. The fourth-order valence-electron chi connectivity index (χ4n) is 8.20. The molecule has 4 aromatic carbocycles. The first-order valence-electron chi connectivity index (χ1n) is 22.3. The Hall–Kier alpha value is -6.25. The monoisotopic (exact) mass is 864 g/mol. The molecular formula is C51H60N8O5. The van der Waals surface area contributed by atoms with Crippen LogP contribution in [0.2, 0.25) is 0 Å². The third-order valence-corrected chi connectivity index (χ3v) is 11.9. The molecule has 334 valence electrons. The summed E-state index contributed by atoms with van der Waals surface area (Å²) in [6.45, 7) is 11.3. The number of rotatable bonds is 14. The normalized spacial score (nSPS) is 16.5. The highest BCUT2D eigenvalue weighted by atomic mass is 16.3. The summed E-state index contributed by atoms with van der Waals surface area (Å²) in [6, 6.07) is 40.0. The summed E-state index contributed by atoms with van der Waals surface area (Å²) in [5.74, 6) is -0.268. The zero-order valence-electron chi connectivity index (χ0n) is 37.1. The first-order chi connectivity index (χ1) is 31.1. The van der Waals surface area contributed by atoms with Crippen LogP contribution in [0, 0.1) is 0 Å². The standard InChI is InChI=1S/C51H60N8O5/c1-37(40-15-7-4-8-16-40)52-47(60)34-57-27-25-56(33-43-23-24-45-50(63)44-21-13-14-22-46(44)64-51(45)55-43)26-28-58(35-48(61)53-38(2)41-17-9-5-10-18-41)30-32-59(31-29-57)36-49(62)54-39(3)42-19-11-6-12-20-42/h4-24,37-39H,25-36H2,1-3H3,(H,52,60)(H,53,61)(H,54,62)/t37-,38+,39-/m1/s1. The van der Waals surface area contributed by atoms with Gasteiger partial charge in [-0.3, -0.25) is 38.8 Å². The van der Waals surface area contributed by atoms with Crippen LogP contribution >= 0.6 is 0 Å². The predicted octanol–water partition coefficient (Wildman–Crippen LogP) is 5.70. The number of nitrogens with one attached hydrogen (secondary N) is 3. The molecule has 3 atom stereocenters. The van der Waals surface area contributed by atoms with Crippen LogP contribution in [0.5, 0.6) is 0 Å². The lowest BCUT2D eigenvalue weighted by atomic mass is 10.1. The molecule has 3 amide bonds. The van der Waals surface area contributed by atoms with Crippen LogP contribution in [0.1, 0.15) is 61.3 Å². The predicted molar refractivity (Wildman–Crippen MR) is 251 cm³/mol. The Bertz CT molecular complexity index is 2440. The number of hydrogen-bond acceptors (Lipinski definition) is 10. The van der Waals surface area contributed by atoms with Crippen molar-refractivity contribution in [2.45, 2.75) is 45.4 Å². The largest absolute Gasteiger partial charge is 0.437 e. The molecule has 3 heterocycles. The van der Waals surface area contributed by atoms with Crippen molar-refractivity contribution in [3.8, 4) is 0 Å². The van der Waals surface area contributed by atoms with Crippen LogP contribution in [-0.2, 0) is 20.9 Å². The number of benzene rings is 4. The highest BCUT2D eigenvalue weighted by Gasteiger charge is 2.23. The average Bonchev–Trinajstić information content (AvgIpc) is 3.30. The van der Waals surface area contributed by atoms with Crippen LogP contribution in [0.4, 0.5) is 0 Å². The zero-order chi connectivity index (χ0) is 44.8. The molecule has 0 radical (unpaired) electrons. The second-order valence-electron chi connectivity index (χ2n) is 16.8. The molecule has 2 aromatic heterocycles. The van der Waals surface area contributed by atoms with E-state index in [9.17, 15) is 19.2 Å². The van der Waals surface area contributed by atoms with Gasteiger partial charge in [0, 0.05) is 58.9 Å². The van der Waals surface area contributed by atoms with Gasteiger partial charge in [0.25, 0.3) is 0 Å². The summed E-state index contributed by atoms with van der Waals surface area (Å²) >= 11 is 0. The number of hydrogen-bond donors (Lipinski definition) is 3. The Morgan fingerprint density at radius 3 is 1.30 bits per heavy atom. The zero-order valence-corrected chi connectivity index (χ0v) is 37.1. The molecule has 0 spiro atoms. The third-order valence-electron chi connectivity index (χ3n) is 11.9. The van der Waals surface area contributed by atoms with Crippen molar-refractivity contribution in [3.63, 3.8) is 0 Å². The van der Waals surface area contributed by atoms with E-state index in [4.69, 9.17) is 9.40 Å². The Morgan fingerprint density at radius 2 is 0.875 bits per heavy atom. The van der Waals surface area contributed by atoms with Gasteiger partial charge in [-0.25, -0.2) is 4.98 Å². The van der Waals surface area contributed by atoms with Crippen molar-refractivity contribution in [1.82, 2.24) is 40.5 Å². The molecule has 1 fully saturated rings. The van der Waals surface area contributed by atoms with Crippen molar-refractivity contribution in [2.24, 2.45) is 0 Å². The maximum Gasteiger partial charge on any atom is 0.234 e. The molecule has 6 aromatic rings. The van der Waals surface area contributed by atoms with Crippen LogP contribution in [-0.4, -0.2) is 114 Å². The molecule has 3 N–H and O–H groups in total. The first-order valence-corrected chi connectivity index (χ1v) is 22.3. The van der Waals surface area contributed by atoms with E-state index in [0.29, 0.717) is 75.3 Å². The van der Waals surface area contributed by atoms with Crippen molar-refractivity contribution in [3.05, 3.63) is 160 Å². The van der Waals surface area contributed by atoms with E-state index < -0.39 is 0 Å². The molecule has 7 rings (SSSR count). The van der Waals surface area contributed by atoms with Gasteiger partial charge in [-0.15, -0.1) is 0 Å². The lowest BCUT2D eigenvalue weighted by Gasteiger charge is -2.34. The summed E-state index contributed by atoms with van der Waals surface area (Å²) in [4.78, 5) is 67.9. The van der Waals surface area contributed by atoms with Crippen LogP contribution in [0.15, 0.2) is 137 Å². The molecule has 0 saturated carbocycles. The minimum Gasteiger partial charge on any atom is -0.437 e. The van der Waals surface area contributed by atoms with Crippen molar-refractivity contribution >= 4 is 39.8 Å². The molecule has 1 aliphatic rings. The summed E-state index contributed by atoms with van der Waals surface area (Å²) in [5, 5.41) is 10.5. The van der Waals surface area contributed by atoms with E-state index in [1.807, 2.05) is 130 Å². The number of amides is 3. The number of carbonyl (C=O) groups is 3. The van der Waals surface area contributed by atoms with E-state index in [2.05, 4.69) is 35.6 Å². The molecular weight excluding hydrogens is 805 g/mol. The summed E-state index contributed by atoms with van der Waals surface area (Å²) < 4.78 is 6.13. The molecule has 64 heavy (non-hydrogen) atoms. The Labute approximate surface area is 375 Å². The van der Waals surface area contributed by atoms with Crippen LogP contribution in [0.25, 0.3) is 22.1 Å². The minimum absolute atomic E-state index is 0.0867. The van der Waals surface area contributed by atoms with Gasteiger partial charge in [0.2, 0.25) is 28.9 Å². The number of carbonyl (C=O) groups excluding carboxylic acids is 3. The van der Waals surface area contributed by atoms with Gasteiger partial charge < -0.3 is 20.4 Å². The van der Waals surface area contributed by atoms with Gasteiger partial charge in [0.1, 0.15) is 5.58 Å². The van der Waals surface area contributed by atoms with Crippen molar-refractivity contribution < 1.29 is 18.8 Å². The Morgan fingerprint density at radius 1 is 0.500 bits per heavy atom. The lowest BCUT2D eigenvalue weighted by molar-refractivity contribution is -0.125. The fourth-order valence-corrected chi connectivity index (χ4v) is 8.20. The summed E-state index contributed by atoms with van der Waals surface area (Å²) in [6.07, 6.45) is 0. The van der Waals surface area contributed by atoms with E-state index in [1.54, 1.807) is 18.2 Å². The number of aromatic nitrogens is 1. The van der Waals surface area contributed by atoms with Crippen LogP contribution < -0.4 is 21.4 Å². The molecule has 13 nitrogen and oxygen atoms in total. The number of para-hydroxylation sites is 1. The summed E-state index contributed by atoms with van der Waals surface area (Å²) in [7, 11) is 0. The Balaban J connectivity index is 1.11. The third kappa shape index (κ3) is 12.9. The van der Waals surface area contributed by atoms with Gasteiger partial charge in [-0.2, -0.15) is 0 Å². The topological polar surface area (TPSA) is 143 Å². The molecule has 13 heteroatoms. The lowest BCUT2D eigenvalue weighted by Crippen LogP contribution is -2.50. The maximum atomic E-state index is 13.7. The van der Waals surface area contributed by atoms with Gasteiger partial charge >= 0.3 is 0 Å². The second kappa shape index (κ2) is 22.4. The summed E-state index contributed by atoms with van der Waals surface area (Å²) in [5.41, 5.74) is 4.46. The van der Waals surface area contributed by atoms with Gasteiger partial charge in [0.15, 0.2) is 0 Å². The fraction of sp³-hybridized carbons (Fsp3) is 0.353. The van der Waals surface area contributed by atoms with Crippen molar-refractivity contribution in [1.29, 1.82) is 0 Å². The molecule has 0 unspecified atom stereocenters. The average molecular weight is 865 g/mol. The van der Waals surface area contributed by atoms with E-state index in [0.717, 1.165) is 22.4 Å². The number of nitrogens with zero attached hydrogens (tertiary/aromatic N) is 5. The van der Waals surface area contributed by atoms with Gasteiger partial charge in [-0.1, -0.05) is 103 Å². The van der Waals surface area contributed by atoms with Gasteiger partial charge in [0.05, 0.1) is 54.2 Å². The van der Waals surface area contributed by atoms with Crippen molar-refractivity contribution in [2.75, 3.05) is 72.0 Å². The smallest absolute Gasteiger partial charge is 0.234 e. The SMILES string of the molecule is C[C@H](NC(=O)CN1CCN(CC(=O)N[C@H](C)c2ccccc2)CCN(CC(=O)N[C@H](C)c2ccccc2)CCN(Cc2ccc3c(=O)c4ccccc4oc3n2)CC1)c1ccccc1. The molecule has 1 saturated heterocycles. The first kappa shape index (κ1) is 45.8. The minimum atomic E-state index is -0.168. The van der Waals surface area contributed by atoms with E-state index >= 15 is 0 Å².